The predicted octanol–water partition coefficient (Wildman–Crippen LogP) is 2.51. The second-order valence-electron chi connectivity index (χ2n) is 4.09. The second-order valence-corrected chi connectivity index (χ2v) is 4.09. The van der Waals surface area contributed by atoms with Gasteiger partial charge in [-0.15, -0.1) is 0 Å². The summed E-state index contributed by atoms with van der Waals surface area (Å²) >= 11 is 0. The van der Waals surface area contributed by atoms with Crippen LogP contribution in [0.25, 0.3) is 0 Å². The van der Waals surface area contributed by atoms with E-state index in [9.17, 15) is 4.79 Å². The summed E-state index contributed by atoms with van der Waals surface area (Å²) in [5.74, 6) is -0.196. The molecule has 0 heterocycles. The van der Waals surface area contributed by atoms with Gasteiger partial charge in [0.15, 0.2) is 0 Å². The molecule has 0 saturated heterocycles. The van der Waals surface area contributed by atoms with Crippen LogP contribution in [0.2, 0.25) is 0 Å². The first-order valence-electron chi connectivity index (χ1n) is 6.03. The molecule has 1 atom stereocenters. The van der Waals surface area contributed by atoms with E-state index in [1.165, 1.54) is 0 Å². The highest BCUT2D eigenvalue weighted by molar-refractivity contribution is 5.70. The number of carbonyl (C=O) groups is 1. The lowest BCUT2D eigenvalue weighted by atomic mass is 10.1. The summed E-state index contributed by atoms with van der Waals surface area (Å²) in [5, 5.41) is 11.8. The lowest BCUT2D eigenvalue weighted by Crippen LogP contribution is -2.20. The number of benzene rings is 1. The van der Waals surface area contributed by atoms with E-state index in [4.69, 9.17) is 10.00 Å². The number of nitrogens with zero attached hydrogens (tertiary/aromatic N) is 1. The van der Waals surface area contributed by atoms with Crippen LogP contribution in [-0.4, -0.2) is 18.6 Å². The first kappa shape index (κ1) is 14.0. The maximum Gasteiger partial charge on any atom is 0.307 e. The number of nitriles is 1. The van der Waals surface area contributed by atoms with E-state index in [-0.39, 0.29) is 12.0 Å². The van der Waals surface area contributed by atoms with Crippen LogP contribution in [0.15, 0.2) is 24.3 Å². The van der Waals surface area contributed by atoms with Gasteiger partial charge >= 0.3 is 5.97 Å². The summed E-state index contributed by atoms with van der Waals surface area (Å²) in [6.45, 7) is 4.14. The molecule has 0 radical (unpaired) electrons. The Morgan fingerprint density at radius 2 is 2.11 bits per heavy atom. The Kier molecular flexibility index (Phi) is 5.72. The van der Waals surface area contributed by atoms with Crippen molar-refractivity contribution in [1.29, 1.82) is 5.26 Å². The van der Waals surface area contributed by atoms with E-state index < -0.39 is 0 Å². The van der Waals surface area contributed by atoms with Gasteiger partial charge in [0.1, 0.15) is 0 Å². The number of hydrogen-bond acceptors (Lipinski definition) is 4. The largest absolute Gasteiger partial charge is 0.466 e. The van der Waals surface area contributed by atoms with Crippen LogP contribution in [-0.2, 0) is 16.0 Å². The van der Waals surface area contributed by atoms with E-state index in [0.717, 1.165) is 11.3 Å². The third-order valence-corrected chi connectivity index (χ3v) is 2.43. The van der Waals surface area contributed by atoms with Crippen LogP contribution in [0.4, 0.5) is 5.69 Å². The second kappa shape index (κ2) is 7.33. The van der Waals surface area contributed by atoms with Gasteiger partial charge in [0, 0.05) is 11.7 Å². The van der Waals surface area contributed by atoms with Gasteiger partial charge < -0.3 is 10.1 Å². The zero-order valence-electron chi connectivity index (χ0n) is 10.8. The van der Waals surface area contributed by atoms with Gasteiger partial charge in [0.2, 0.25) is 0 Å². The third-order valence-electron chi connectivity index (χ3n) is 2.43. The summed E-state index contributed by atoms with van der Waals surface area (Å²) < 4.78 is 4.89. The number of rotatable bonds is 6. The lowest BCUT2D eigenvalue weighted by Gasteiger charge is -2.14. The predicted molar refractivity (Wildman–Crippen MR) is 70.1 cm³/mol. The van der Waals surface area contributed by atoms with Gasteiger partial charge in [-0.05, 0) is 31.5 Å². The van der Waals surface area contributed by atoms with Gasteiger partial charge in [0.05, 0.1) is 25.5 Å². The molecule has 0 aliphatic carbocycles. The number of carbonyl (C=O) groups excluding carboxylic acids is 1. The van der Waals surface area contributed by atoms with Crippen molar-refractivity contribution in [2.75, 3.05) is 11.9 Å². The average molecular weight is 246 g/mol. The van der Waals surface area contributed by atoms with Crippen LogP contribution in [0.5, 0.6) is 0 Å². The number of anilines is 1. The molecule has 18 heavy (non-hydrogen) atoms. The Labute approximate surface area is 108 Å². The van der Waals surface area contributed by atoms with Gasteiger partial charge in [-0.2, -0.15) is 5.26 Å². The van der Waals surface area contributed by atoms with Gasteiger partial charge in [0.25, 0.3) is 0 Å². The molecule has 0 aliphatic heterocycles. The Morgan fingerprint density at radius 1 is 1.44 bits per heavy atom. The Hall–Kier alpha value is -2.02. The molecule has 0 amide bonds. The molecular weight excluding hydrogens is 228 g/mol. The molecule has 0 aromatic heterocycles. The highest BCUT2D eigenvalue weighted by Crippen LogP contribution is 2.12. The quantitative estimate of drug-likeness (QED) is 0.783. The monoisotopic (exact) mass is 246 g/mol. The molecule has 4 nitrogen and oxygen atoms in total. The normalized spacial score (nSPS) is 11.4. The average Bonchev–Trinajstić information content (AvgIpc) is 2.32. The van der Waals surface area contributed by atoms with Crippen molar-refractivity contribution in [3.63, 3.8) is 0 Å². The maximum absolute atomic E-state index is 11.3. The molecule has 1 N–H and O–H groups in total. The van der Waals surface area contributed by atoms with Gasteiger partial charge in [-0.3, -0.25) is 4.79 Å². The van der Waals surface area contributed by atoms with Crippen molar-refractivity contribution < 1.29 is 9.53 Å². The Balaban J connectivity index is 2.46. The summed E-state index contributed by atoms with van der Waals surface area (Å²) in [4.78, 5) is 11.3. The number of nitrogens with one attached hydrogen (secondary N) is 1. The van der Waals surface area contributed by atoms with E-state index in [1.54, 1.807) is 6.92 Å². The van der Waals surface area contributed by atoms with Crippen LogP contribution >= 0.6 is 0 Å². The molecule has 1 rings (SSSR count). The number of hydrogen-bond donors (Lipinski definition) is 1. The molecule has 0 fully saturated rings. The summed E-state index contributed by atoms with van der Waals surface area (Å²) in [6, 6.07) is 9.75. The molecule has 96 valence electrons. The van der Waals surface area contributed by atoms with Crippen molar-refractivity contribution in [2.45, 2.75) is 32.7 Å². The fourth-order valence-electron chi connectivity index (χ4n) is 1.62. The zero-order valence-corrected chi connectivity index (χ0v) is 10.8. The van der Waals surface area contributed by atoms with Crippen LogP contribution in [0, 0.1) is 11.3 Å². The fraction of sp³-hybridized carbons (Fsp3) is 0.429. The molecule has 0 aliphatic rings. The topological polar surface area (TPSA) is 62.1 Å². The third kappa shape index (κ3) is 4.88. The first-order chi connectivity index (χ1) is 8.65. The van der Waals surface area contributed by atoms with Crippen LogP contribution < -0.4 is 5.32 Å². The highest BCUT2D eigenvalue weighted by atomic mass is 16.5. The van der Waals surface area contributed by atoms with E-state index in [0.29, 0.717) is 19.4 Å². The molecule has 0 bridgehead atoms. The van der Waals surface area contributed by atoms with E-state index in [1.807, 2.05) is 31.2 Å². The molecule has 0 spiro atoms. The van der Waals surface area contributed by atoms with E-state index in [2.05, 4.69) is 11.4 Å². The molecule has 4 heteroatoms. The summed E-state index contributed by atoms with van der Waals surface area (Å²) in [5.41, 5.74) is 1.93. The van der Waals surface area contributed by atoms with Crippen LogP contribution in [0.3, 0.4) is 0 Å². The fourth-order valence-corrected chi connectivity index (χ4v) is 1.62. The van der Waals surface area contributed by atoms with Crippen molar-refractivity contribution in [3.05, 3.63) is 29.8 Å². The summed E-state index contributed by atoms with van der Waals surface area (Å²) in [6.07, 6.45) is 0.756. The van der Waals surface area contributed by atoms with Gasteiger partial charge in [-0.1, -0.05) is 12.1 Å². The number of ether oxygens (including phenoxy) is 1. The van der Waals surface area contributed by atoms with Crippen molar-refractivity contribution in [3.8, 4) is 6.07 Å². The SMILES string of the molecule is CCOC(=O)CC(C)Nc1ccc(CC#N)cc1. The van der Waals surface area contributed by atoms with E-state index >= 15 is 0 Å². The van der Waals surface area contributed by atoms with Crippen LogP contribution in [0.1, 0.15) is 25.8 Å². The standard InChI is InChI=1S/C14H18N2O2/c1-3-18-14(17)10-11(2)16-13-6-4-12(5-7-13)8-9-15/h4-7,11,16H,3,8,10H2,1-2H3. The van der Waals surface area contributed by atoms with Crippen molar-refractivity contribution in [1.82, 2.24) is 0 Å². The minimum atomic E-state index is -0.196. The maximum atomic E-state index is 11.3. The zero-order chi connectivity index (χ0) is 13.4. The Morgan fingerprint density at radius 3 is 2.67 bits per heavy atom. The smallest absolute Gasteiger partial charge is 0.307 e. The van der Waals surface area contributed by atoms with Crippen molar-refractivity contribution in [2.24, 2.45) is 0 Å². The van der Waals surface area contributed by atoms with Gasteiger partial charge in [-0.25, -0.2) is 0 Å². The number of esters is 1. The lowest BCUT2D eigenvalue weighted by molar-refractivity contribution is -0.143. The molecule has 1 unspecified atom stereocenters. The molecule has 1 aromatic carbocycles. The van der Waals surface area contributed by atoms with Crippen molar-refractivity contribution >= 4 is 11.7 Å². The highest BCUT2D eigenvalue weighted by Gasteiger charge is 2.09. The Bertz CT molecular complexity index is 420. The molecular formula is C14H18N2O2. The molecule has 1 aromatic rings. The summed E-state index contributed by atoms with van der Waals surface area (Å²) in [7, 11) is 0. The molecule has 0 saturated carbocycles. The minimum Gasteiger partial charge on any atom is -0.466 e. The minimum absolute atomic E-state index is 0.0193. The first-order valence-corrected chi connectivity index (χ1v) is 6.03.